The molecule has 0 radical (unpaired) electrons. The molecule has 29 heavy (non-hydrogen) atoms. The molecule has 1 atom stereocenters. The van der Waals surface area contributed by atoms with E-state index in [1.54, 1.807) is 11.3 Å². The first-order valence-electron chi connectivity index (χ1n) is 10.7. The van der Waals surface area contributed by atoms with Crippen molar-refractivity contribution in [2.45, 2.75) is 85.2 Å². The van der Waals surface area contributed by atoms with Gasteiger partial charge in [0.2, 0.25) is 0 Å². The van der Waals surface area contributed by atoms with E-state index in [0.29, 0.717) is 6.79 Å². The molecule has 0 saturated carbocycles. The number of aryl methyl sites for hydroxylation is 1. The van der Waals surface area contributed by atoms with Crippen LogP contribution in [0.2, 0.25) is 25.7 Å². The summed E-state index contributed by atoms with van der Waals surface area (Å²) in [4.78, 5) is 4.56. The highest BCUT2D eigenvalue weighted by atomic mass is 32.1. The van der Waals surface area contributed by atoms with Crippen molar-refractivity contribution < 1.29 is 9.47 Å². The monoisotopic (exact) mass is 435 g/mol. The van der Waals surface area contributed by atoms with E-state index >= 15 is 0 Å². The SMILES string of the molecule is C=C(C)CCCC(C)=CCC(OCOCC[Si](C)(C)C)C(C)=Cc1csc(C)n1. The Balaban J connectivity index is 2.66. The van der Waals surface area contributed by atoms with Gasteiger partial charge < -0.3 is 9.47 Å². The summed E-state index contributed by atoms with van der Waals surface area (Å²) in [6.45, 7) is 20.7. The van der Waals surface area contributed by atoms with Gasteiger partial charge >= 0.3 is 0 Å². The summed E-state index contributed by atoms with van der Waals surface area (Å²) in [5, 5.41) is 3.18. The highest BCUT2D eigenvalue weighted by molar-refractivity contribution is 7.09. The number of aromatic nitrogens is 1. The zero-order valence-corrected chi connectivity index (χ0v) is 21.5. The fourth-order valence-corrected chi connectivity index (χ4v) is 4.13. The molecule has 0 saturated heterocycles. The molecule has 3 nitrogen and oxygen atoms in total. The van der Waals surface area contributed by atoms with Gasteiger partial charge in [-0.3, -0.25) is 0 Å². The van der Waals surface area contributed by atoms with Crippen LogP contribution in [0.4, 0.5) is 0 Å². The predicted molar refractivity (Wildman–Crippen MR) is 131 cm³/mol. The zero-order valence-electron chi connectivity index (χ0n) is 19.6. The lowest BCUT2D eigenvalue weighted by Crippen LogP contribution is -2.23. The second-order valence-electron chi connectivity index (χ2n) is 9.27. The maximum atomic E-state index is 6.13. The molecule has 0 aliphatic rings. The van der Waals surface area contributed by atoms with E-state index in [-0.39, 0.29) is 6.10 Å². The third-order valence-corrected chi connectivity index (χ3v) is 7.22. The summed E-state index contributed by atoms with van der Waals surface area (Å²) in [6, 6.07) is 1.16. The smallest absolute Gasteiger partial charge is 0.147 e. The fraction of sp³-hybridized carbons (Fsp3) is 0.625. The van der Waals surface area contributed by atoms with Crippen molar-refractivity contribution in [2.75, 3.05) is 13.4 Å². The highest BCUT2D eigenvalue weighted by Gasteiger charge is 2.14. The quantitative estimate of drug-likeness (QED) is 0.130. The van der Waals surface area contributed by atoms with Gasteiger partial charge in [0.05, 0.1) is 16.8 Å². The van der Waals surface area contributed by atoms with E-state index in [2.05, 4.69) is 69.5 Å². The van der Waals surface area contributed by atoms with Crippen LogP contribution in [0.5, 0.6) is 0 Å². The van der Waals surface area contributed by atoms with Crippen molar-refractivity contribution in [1.29, 1.82) is 0 Å². The second kappa shape index (κ2) is 13.3. The predicted octanol–water partition coefficient (Wildman–Crippen LogP) is 7.64. The van der Waals surface area contributed by atoms with Gasteiger partial charge in [0.15, 0.2) is 0 Å². The number of ether oxygens (including phenoxy) is 2. The highest BCUT2D eigenvalue weighted by Crippen LogP contribution is 2.19. The molecule has 1 aromatic heterocycles. The van der Waals surface area contributed by atoms with Gasteiger partial charge in [-0.05, 0) is 71.1 Å². The standard InChI is InChI=1S/C24H41NO2SSi/c1-19(2)10-9-11-20(3)12-13-24(27-18-26-14-15-29(6,7)8)21(4)16-23-17-28-22(5)25-23/h12,16-17,24H,1,9-11,13-15,18H2,2-8H3. The third-order valence-electron chi connectivity index (χ3n) is 4.72. The molecule has 0 amide bonds. The van der Waals surface area contributed by atoms with Crippen LogP contribution in [0, 0.1) is 6.92 Å². The minimum Gasteiger partial charge on any atom is -0.356 e. The summed E-state index contributed by atoms with van der Waals surface area (Å²) in [5.41, 5.74) is 4.87. The molecule has 0 aromatic carbocycles. The fourth-order valence-electron chi connectivity index (χ4n) is 2.80. The molecule has 0 spiro atoms. The number of rotatable bonds is 14. The van der Waals surface area contributed by atoms with Gasteiger partial charge in [-0.2, -0.15) is 0 Å². The number of nitrogens with zero attached hydrogens (tertiary/aromatic N) is 1. The Kier molecular flexibility index (Phi) is 12.0. The van der Waals surface area contributed by atoms with Crippen LogP contribution >= 0.6 is 11.3 Å². The summed E-state index contributed by atoms with van der Waals surface area (Å²) in [7, 11) is -1.07. The minimum absolute atomic E-state index is 0.0139. The van der Waals surface area contributed by atoms with Crippen LogP contribution in [-0.4, -0.2) is 32.6 Å². The zero-order chi connectivity index (χ0) is 21.9. The molecule has 1 aromatic rings. The Labute approximate surface area is 183 Å². The van der Waals surface area contributed by atoms with Gasteiger partial charge in [-0.1, -0.05) is 36.9 Å². The summed E-state index contributed by atoms with van der Waals surface area (Å²) in [5.74, 6) is 0. The largest absolute Gasteiger partial charge is 0.356 e. The molecule has 0 aliphatic carbocycles. The molecular weight excluding hydrogens is 394 g/mol. The lowest BCUT2D eigenvalue weighted by atomic mass is 10.0. The molecule has 1 rings (SSSR count). The van der Waals surface area contributed by atoms with Crippen LogP contribution in [-0.2, 0) is 9.47 Å². The Hall–Kier alpha value is -1.01. The minimum atomic E-state index is -1.07. The molecule has 0 aliphatic heterocycles. The first-order chi connectivity index (χ1) is 13.6. The lowest BCUT2D eigenvalue weighted by Gasteiger charge is -2.19. The van der Waals surface area contributed by atoms with Crippen molar-refractivity contribution >= 4 is 25.5 Å². The van der Waals surface area contributed by atoms with Crippen LogP contribution < -0.4 is 0 Å². The topological polar surface area (TPSA) is 31.4 Å². The third kappa shape index (κ3) is 13.0. The summed E-state index contributed by atoms with van der Waals surface area (Å²) < 4.78 is 11.9. The van der Waals surface area contributed by atoms with Gasteiger partial charge in [0, 0.05) is 20.1 Å². The summed E-state index contributed by atoms with van der Waals surface area (Å²) in [6.07, 6.45) is 8.70. The number of hydrogen-bond acceptors (Lipinski definition) is 4. The molecule has 0 N–H and O–H groups in total. The molecule has 0 fully saturated rings. The van der Waals surface area contributed by atoms with Gasteiger partial charge in [-0.15, -0.1) is 17.9 Å². The van der Waals surface area contributed by atoms with E-state index in [1.807, 2.05) is 6.92 Å². The average Bonchev–Trinajstić information content (AvgIpc) is 3.00. The van der Waals surface area contributed by atoms with Crippen molar-refractivity contribution in [3.05, 3.63) is 45.5 Å². The van der Waals surface area contributed by atoms with Crippen molar-refractivity contribution in [1.82, 2.24) is 4.98 Å². The maximum absolute atomic E-state index is 6.13. The first kappa shape index (κ1) is 26.0. The number of hydrogen-bond donors (Lipinski definition) is 0. The van der Waals surface area contributed by atoms with E-state index < -0.39 is 8.07 Å². The van der Waals surface area contributed by atoms with E-state index in [0.717, 1.165) is 49.0 Å². The first-order valence-corrected chi connectivity index (χ1v) is 15.2. The van der Waals surface area contributed by atoms with Crippen molar-refractivity contribution in [3.8, 4) is 0 Å². The van der Waals surface area contributed by atoms with Crippen molar-refractivity contribution in [2.24, 2.45) is 0 Å². The van der Waals surface area contributed by atoms with Crippen LogP contribution in [0.15, 0.2) is 34.8 Å². The van der Waals surface area contributed by atoms with Gasteiger partial charge in [0.1, 0.15) is 6.79 Å². The van der Waals surface area contributed by atoms with Crippen molar-refractivity contribution in [3.63, 3.8) is 0 Å². The van der Waals surface area contributed by atoms with Gasteiger partial charge in [-0.25, -0.2) is 4.98 Å². The Bertz CT molecular complexity index is 685. The number of allylic oxidation sites excluding steroid dienone is 2. The molecule has 1 heterocycles. The van der Waals surface area contributed by atoms with Crippen LogP contribution in [0.3, 0.4) is 0 Å². The van der Waals surface area contributed by atoms with E-state index in [1.165, 1.54) is 16.7 Å². The Morgan fingerprint density at radius 2 is 1.97 bits per heavy atom. The Morgan fingerprint density at radius 1 is 1.24 bits per heavy atom. The molecule has 1 unspecified atom stereocenters. The Morgan fingerprint density at radius 3 is 2.55 bits per heavy atom. The number of thiazole rings is 1. The maximum Gasteiger partial charge on any atom is 0.147 e. The molecular formula is C24H41NO2SSi. The van der Waals surface area contributed by atoms with E-state index in [4.69, 9.17) is 9.47 Å². The second-order valence-corrected chi connectivity index (χ2v) is 16.0. The molecule has 164 valence electrons. The van der Waals surface area contributed by atoms with Gasteiger partial charge in [0.25, 0.3) is 0 Å². The molecule has 5 heteroatoms. The van der Waals surface area contributed by atoms with Crippen LogP contribution in [0.25, 0.3) is 6.08 Å². The molecule has 0 bridgehead atoms. The van der Waals surface area contributed by atoms with Crippen LogP contribution in [0.1, 0.15) is 57.2 Å². The van der Waals surface area contributed by atoms with E-state index in [9.17, 15) is 0 Å². The average molecular weight is 436 g/mol. The normalized spacial score (nSPS) is 14.3. The summed E-state index contributed by atoms with van der Waals surface area (Å²) >= 11 is 1.68. The lowest BCUT2D eigenvalue weighted by molar-refractivity contribution is -0.0736.